The van der Waals surface area contributed by atoms with E-state index < -0.39 is 21.5 Å². The second kappa shape index (κ2) is 10.3. The van der Waals surface area contributed by atoms with Crippen molar-refractivity contribution in [1.29, 1.82) is 0 Å². The van der Waals surface area contributed by atoms with Gasteiger partial charge in [-0.05, 0) is 39.5 Å². The van der Waals surface area contributed by atoms with Crippen LogP contribution in [0.3, 0.4) is 0 Å². The summed E-state index contributed by atoms with van der Waals surface area (Å²) in [7, 11) is 0.634. The van der Waals surface area contributed by atoms with Crippen molar-refractivity contribution in [2.45, 2.75) is 64.5 Å². The number of carbonyl (C=O) groups is 1. The lowest BCUT2D eigenvalue weighted by Gasteiger charge is -2.27. The van der Waals surface area contributed by atoms with E-state index in [0.717, 1.165) is 19.3 Å². The molecule has 1 N–H and O–H groups in total. The largest absolute Gasteiger partial charge is 0.477 e. The van der Waals surface area contributed by atoms with Crippen LogP contribution >= 0.6 is 0 Å². The van der Waals surface area contributed by atoms with Crippen molar-refractivity contribution >= 4 is 15.8 Å². The van der Waals surface area contributed by atoms with Crippen molar-refractivity contribution in [2.24, 2.45) is 0 Å². The quantitative estimate of drug-likeness (QED) is 0.378. The van der Waals surface area contributed by atoms with Gasteiger partial charge in [-0.2, -0.15) is 0 Å². The molecular weight excluding hydrogens is 333 g/mol. The fourth-order valence-corrected chi connectivity index (χ4v) is 4.12. The summed E-state index contributed by atoms with van der Waals surface area (Å²) < 4.78 is 37.6. The SMILES string of the molecule is CC(C)(F)CCCCCCS(=O)(=O)CCCC[N+](C)(C)CC(=O)O. The normalized spacial score (nSPS) is 13.2. The average Bonchev–Trinajstić information content (AvgIpc) is 2.36. The van der Waals surface area contributed by atoms with Crippen LogP contribution in [0.2, 0.25) is 0 Å². The number of sulfone groups is 1. The first-order chi connectivity index (χ1) is 10.8. The fraction of sp³-hybridized carbons (Fsp3) is 0.941. The van der Waals surface area contributed by atoms with Crippen molar-refractivity contribution in [3.63, 3.8) is 0 Å². The zero-order chi connectivity index (χ0) is 18.9. The van der Waals surface area contributed by atoms with Crippen LogP contribution < -0.4 is 0 Å². The van der Waals surface area contributed by atoms with Gasteiger partial charge < -0.3 is 9.59 Å². The number of hydrogen-bond acceptors (Lipinski definition) is 3. The minimum Gasteiger partial charge on any atom is -0.477 e. The first-order valence-corrected chi connectivity index (χ1v) is 10.6. The third-order valence-electron chi connectivity index (χ3n) is 4.01. The van der Waals surface area contributed by atoms with Crippen LogP contribution in [-0.4, -0.2) is 68.3 Å². The van der Waals surface area contributed by atoms with Gasteiger partial charge in [-0.1, -0.05) is 19.3 Å². The smallest absolute Gasteiger partial charge is 0.359 e. The predicted molar refractivity (Wildman–Crippen MR) is 95.6 cm³/mol. The molecule has 0 radical (unpaired) electrons. The molecule has 144 valence electrons. The molecular formula is C17H35FNO4S+. The molecule has 0 fully saturated rings. The molecule has 0 heterocycles. The molecule has 0 bridgehead atoms. The van der Waals surface area contributed by atoms with Crippen molar-refractivity contribution in [1.82, 2.24) is 0 Å². The topological polar surface area (TPSA) is 71.4 Å². The molecule has 7 heteroatoms. The third kappa shape index (κ3) is 14.9. The summed E-state index contributed by atoms with van der Waals surface area (Å²) in [6.07, 6.45) is 4.90. The summed E-state index contributed by atoms with van der Waals surface area (Å²) in [5.41, 5.74) is -1.14. The molecule has 0 saturated carbocycles. The Kier molecular flexibility index (Phi) is 10.0. The first kappa shape index (κ1) is 23.3. The van der Waals surface area contributed by atoms with Crippen molar-refractivity contribution < 1.29 is 27.2 Å². The number of quaternary nitrogens is 1. The van der Waals surface area contributed by atoms with Gasteiger partial charge in [-0.15, -0.1) is 0 Å². The van der Waals surface area contributed by atoms with Gasteiger partial charge in [-0.25, -0.2) is 17.6 Å². The molecule has 0 saturated heterocycles. The zero-order valence-corrected chi connectivity index (χ0v) is 16.5. The summed E-state index contributed by atoms with van der Waals surface area (Å²) in [4.78, 5) is 10.7. The van der Waals surface area contributed by atoms with Crippen LogP contribution in [0.4, 0.5) is 4.39 Å². The van der Waals surface area contributed by atoms with E-state index in [1.165, 1.54) is 0 Å². The van der Waals surface area contributed by atoms with Crippen molar-refractivity contribution in [3.05, 3.63) is 0 Å². The van der Waals surface area contributed by atoms with Gasteiger partial charge in [0, 0.05) is 0 Å². The molecule has 0 aliphatic heterocycles. The van der Waals surface area contributed by atoms with E-state index in [-0.39, 0.29) is 18.1 Å². The standard InChI is InChI=1S/C17H34FNO4S/c1-17(2,18)11-7-5-6-9-13-24(22,23)14-10-8-12-19(3,4)15-16(20)21/h5-15H2,1-4H3/p+1. The average molecular weight is 369 g/mol. The minimum absolute atomic E-state index is 0.0441. The Labute approximate surface area is 146 Å². The van der Waals surface area contributed by atoms with E-state index in [0.29, 0.717) is 36.7 Å². The van der Waals surface area contributed by atoms with Crippen molar-refractivity contribution in [3.8, 4) is 0 Å². The van der Waals surface area contributed by atoms with E-state index in [4.69, 9.17) is 5.11 Å². The number of unbranched alkanes of at least 4 members (excludes halogenated alkanes) is 4. The monoisotopic (exact) mass is 368 g/mol. The van der Waals surface area contributed by atoms with Crippen LogP contribution in [0.5, 0.6) is 0 Å². The maximum absolute atomic E-state index is 13.3. The Hall–Kier alpha value is -0.690. The highest BCUT2D eigenvalue weighted by atomic mass is 32.2. The molecule has 0 atom stereocenters. The molecule has 0 aliphatic carbocycles. The number of alkyl halides is 1. The Morgan fingerprint density at radius 3 is 2.00 bits per heavy atom. The van der Waals surface area contributed by atoms with E-state index in [1.54, 1.807) is 13.8 Å². The highest BCUT2D eigenvalue weighted by molar-refractivity contribution is 7.91. The number of aliphatic carboxylic acids is 1. The molecule has 0 aromatic rings. The molecule has 0 unspecified atom stereocenters. The fourth-order valence-electron chi connectivity index (χ4n) is 2.63. The summed E-state index contributed by atoms with van der Waals surface area (Å²) in [5.74, 6) is -0.486. The van der Waals surface area contributed by atoms with Crippen LogP contribution in [-0.2, 0) is 14.6 Å². The maximum Gasteiger partial charge on any atom is 0.359 e. The molecule has 0 rings (SSSR count). The number of hydrogen-bond donors (Lipinski definition) is 1. The molecule has 0 amide bonds. The molecule has 0 aromatic heterocycles. The second-order valence-corrected chi connectivity index (χ2v) is 10.3. The molecule has 24 heavy (non-hydrogen) atoms. The molecule has 0 spiro atoms. The van der Waals surface area contributed by atoms with Gasteiger partial charge in [0.05, 0.1) is 32.1 Å². The highest BCUT2D eigenvalue weighted by Crippen LogP contribution is 2.18. The van der Waals surface area contributed by atoms with Gasteiger partial charge in [0.1, 0.15) is 15.5 Å². The first-order valence-electron chi connectivity index (χ1n) is 8.76. The Bertz CT molecular complexity index is 469. The second-order valence-electron chi connectivity index (χ2n) is 7.95. The van der Waals surface area contributed by atoms with Crippen LogP contribution in [0.15, 0.2) is 0 Å². The lowest BCUT2D eigenvalue weighted by molar-refractivity contribution is -0.883. The molecule has 0 aromatic carbocycles. The lowest BCUT2D eigenvalue weighted by Crippen LogP contribution is -2.44. The third-order valence-corrected chi connectivity index (χ3v) is 5.83. The summed E-state index contributed by atoms with van der Waals surface area (Å²) in [6.45, 7) is 3.82. The van der Waals surface area contributed by atoms with Crippen LogP contribution in [0, 0.1) is 0 Å². The number of carboxylic acids is 1. The summed E-state index contributed by atoms with van der Waals surface area (Å²) in [5, 5.41) is 8.81. The zero-order valence-electron chi connectivity index (χ0n) is 15.7. The van der Waals surface area contributed by atoms with Gasteiger partial charge in [-0.3, -0.25) is 0 Å². The number of carboxylic acid groups (broad SMARTS) is 1. The Morgan fingerprint density at radius 1 is 1.00 bits per heavy atom. The lowest BCUT2D eigenvalue weighted by atomic mass is 10.0. The van der Waals surface area contributed by atoms with Gasteiger partial charge in [0.25, 0.3) is 0 Å². The summed E-state index contributed by atoms with van der Waals surface area (Å²) in [6, 6.07) is 0. The number of rotatable bonds is 14. The Morgan fingerprint density at radius 2 is 1.50 bits per heavy atom. The number of nitrogens with zero attached hydrogens (tertiary/aromatic N) is 1. The minimum atomic E-state index is -3.04. The highest BCUT2D eigenvalue weighted by Gasteiger charge is 2.19. The molecule has 0 aliphatic rings. The van der Waals surface area contributed by atoms with E-state index in [9.17, 15) is 17.6 Å². The predicted octanol–water partition coefficient (Wildman–Crippen LogP) is 3.04. The van der Waals surface area contributed by atoms with Gasteiger partial charge in [0.2, 0.25) is 0 Å². The molecule has 5 nitrogen and oxygen atoms in total. The van der Waals surface area contributed by atoms with Crippen LogP contribution in [0.1, 0.15) is 58.8 Å². The maximum atomic E-state index is 13.3. The number of halogens is 1. The van der Waals surface area contributed by atoms with Crippen molar-refractivity contribution in [2.75, 3.05) is 38.7 Å². The van der Waals surface area contributed by atoms with E-state index >= 15 is 0 Å². The van der Waals surface area contributed by atoms with Gasteiger partial charge in [0.15, 0.2) is 6.54 Å². The van der Waals surface area contributed by atoms with E-state index in [2.05, 4.69) is 0 Å². The van der Waals surface area contributed by atoms with Gasteiger partial charge >= 0.3 is 5.97 Å². The van der Waals surface area contributed by atoms with E-state index in [1.807, 2.05) is 14.1 Å². The van der Waals surface area contributed by atoms with Crippen LogP contribution in [0.25, 0.3) is 0 Å². The summed E-state index contributed by atoms with van der Waals surface area (Å²) >= 11 is 0. The number of likely N-dealkylation sites (N-methyl/N-ethyl adjacent to an activating group) is 1. The Balaban J connectivity index is 3.81.